The van der Waals surface area contributed by atoms with Gasteiger partial charge in [-0.25, -0.2) is 8.42 Å². The van der Waals surface area contributed by atoms with Crippen molar-refractivity contribution in [2.45, 2.75) is 11.8 Å². The van der Waals surface area contributed by atoms with Gasteiger partial charge in [-0.1, -0.05) is 17.7 Å². The molecule has 0 heterocycles. The van der Waals surface area contributed by atoms with E-state index < -0.39 is 10.0 Å². The van der Waals surface area contributed by atoms with Gasteiger partial charge in [0.15, 0.2) is 0 Å². The summed E-state index contributed by atoms with van der Waals surface area (Å²) in [5.41, 5.74) is 1.29. The molecule has 0 saturated carbocycles. The summed E-state index contributed by atoms with van der Waals surface area (Å²) in [4.78, 5) is 0.129. The minimum absolute atomic E-state index is 0.129. The molecule has 4 nitrogen and oxygen atoms in total. The Kier molecular flexibility index (Phi) is 4.20. The maximum Gasteiger partial charge on any atom is 0.261 e. The van der Waals surface area contributed by atoms with Gasteiger partial charge in [-0.15, -0.1) is 0 Å². The van der Waals surface area contributed by atoms with Crippen molar-refractivity contribution in [3.05, 3.63) is 53.1 Å². The highest BCUT2D eigenvalue weighted by atomic mass is 35.5. The molecule has 0 saturated heterocycles. The molecule has 0 aromatic heterocycles. The zero-order valence-corrected chi connectivity index (χ0v) is 12.6. The molecule has 0 unspecified atom stereocenters. The molecule has 0 spiro atoms. The van der Waals surface area contributed by atoms with E-state index in [1.54, 1.807) is 37.4 Å². The number of benzene rings is 2. The van der Waals surface area contributed by atoms with Crippen LogP contribution in [0, 0.1) is 6.92 Å². The number of ether oxygens (including phenoxy) is 1. The lowest BCUT2D eigenvalue weighted by Crippen LogP contribution is -2.12. The van der Waals surface area contributed by atoms with Crippen LogP contribution >= 0.6 is 11.6 Å². The SMILES string of the molecule is COc1ccc(NS(=O)(=O)c2ccc(C)c(Cl)c2)cc1. The molecule has 20 heavy (non-hydrogen) atoms. The third-order valence-corrected chi connectivity index (χ3v) is 4.58. The maximum absolute atomic E-state index is 12.2. The summed E-state index contributed by atoms with van der Waals surface area (Å²) in [5.74, 6) is 0.659. The number of hydrogen-bond acceptors (Lipinski definition) is 3. The lowest BCUT2D eigenvalue weighted by atomic mass is 10.2. The van der Waals surface area contributed by atoms with Crippen molar-refractivity contribution in [1.82, 2.24) is 0 Å². The van der Waals surface area contributed by atoms with E-state index in [1.807, 2.05) is 6.92 Å². The predicted molar refractivity (Wildman–Crippen MR) is 80.0 cm³/mol. The lowest BCUT2D eigenvalue weighted by molar-refractivity contribution is 0.415. The molecule has 0 amide bonds. The van der Waals surface area contributed by atoms with Crippen LogP contribution in [0.15, 0.2) is 47.4 Å². The second-order valence-electron chi connectivity index (χ2n) is 4.24. The van der Waals surface area contributed by atoms with Gasteiger partial charge in [0.05, 0.1) is 12.0 Å². The van der Waals surface area contributed by atoms with Crippen LogP contribution in [0.5, 0.6) is 5.75 Å². The third kappa shape index (κ3) is 3.23. The number of nitrogens with one attached hydrogen (secondary N) is 1. The topological polar surface area (TPSA) is 55.4 Å². The van der Waals surface area contributed by atoms with Gasteiger partial charge in [-0.2, -0.15) is 0 Å². The number of rotatable bonds is 4. The van der Waals surface area contributed by atoms with Gasteiger partial charge < -0.3 is 4.74 Å². The Bertz CT molecular complexity index is 712. The first-order valence-corrected chi connectivity index (χ1v) is 7.71. The number of aryl methyl sites for hydroxylation is 1. The van der Waals surface area contributed by atoms with E-state index in [0.29, 0.717) is 16.5 Å². The van der Waals surface area contributed by atoms with Crippen molar-refractivity contribution in [1.29, 1.82) is 0 Å². The monoisotopic (exact) mass is 311 g/mol. The molecule has 2 aromatic rings. The summed E-state index contributed by atoms with van der Waals surface area (Å²) in [7, 11) is -2.10. The molecular formula is C14H14ClNO3S. The number of halogens is 1. The van der Waals surface area contributed by atoms with Crippen molar-refractivity contribution < 1.29 is 13.2 Å². The molecule has 0 aliphatic rings. The van der Waals surface area contributed by atoms with Crippen LogP contribution in [-0.2, 0) is 10.0 Å². The second kappa shape index (κ2) is 5.73. The second-order valence-corrected chi connectivity index (χ2v) is 6.33. The fraction of sp³-hybridized carbons (Fsp3) is 0.143. The molecule has 0 radical (unpaired) electrons. The average molecular weight is 312 g/mol. The Balaban J connectivity index is 2.27. The molecule has 0 bridgehead atoms. The highest BCUT2D eigenvalue weighted by Crippen LogP contribution is 2.23. The van der Waals surface area contributed by atoms with Crippen molar-refractivity contribution in [3.8, 4) is 5.75 Å². The average Bonchev–Trinajstić information content (AvgIpc) is 2.42. The lowest BCUT2D eigenvalue weighted by Gasteiger charge is -2.09. The number of anilines is 1. The first-order valence-electron chi connectivity index (χ1n) is 5.85. The van der Waals surface area contributed by atoms with E-state index in [9.17, 15) is 8.42 Å². The minimum atomic E-state index is -3.65. The summed E-state index contributed by atoms with van der Waals surface area (Å²) < 4.78 is 31.9. The van der Waals surface area contributed by atoms with Gasteiger partial charge >= 0.3 is 0 Å². The Hall–Kier alpha value is -1.72. The standard InChI is InChI=1S/C14H14ClNO3S/c1-10-3-8-13(9-14(10)15)20(17,18)16-11-4-6-12(19-2)7-5-11/h3-9,16H,1-2H3. The molecular weight excluding hydrogens is 298 g/mol. The van der Waals surface area contributed by atoms with Crippen molar-refractivity contribution in [2.24, 2.45) is 0 Å². The van der Waals surface area contributed by atoms with Crippen molar-refractivity contribution >= 4 is 27.3 Å². The van der Waals surface area contributed by atoms with Gasteiger partial charge in [0.25, 0.3) is 10.0 Å². The number of methoxy groups -OCH3 is 1. The molecule has 0 atom stereocenters. The van der Waals surface area contributed by atoms with Gasteiger partial charge in [0.2, 0.25) is 0 Å². The normalized spacial score (nSPS) is 11.2. The van der Waals surface area contributed by atoms with Gasteiger partial charge in [0, 0.05) is 10.7 Å². The Morgan fingerprint density at radius 3 is 2.30 bits per heavy atom. The van der Waals surface area contributed by atoms with Crippen LogP contribution in [0.4, 0.5) is 5.69 Å². The van der Waals surface area contributed by atoms with Crippen LogP contribution in [0.3, 0.4) is 0 Å². The zero-order valence-electron chi connectivity index (χ0n) is 11.1. The smallest absolute Gasteiger partial charge is 0.261 e. The maximum atomic E-state index is 12.2. The summed E-state index contributed by atoms with van der Waals surface area (Å²) in [6, 6.07) is 11.2. The Morgan fingerprint density at radius 2 is 1.75 bits per heavy atom. The molecule has 0 aliphatic heterocycles. The first-order chi connectivity index (χ1) is 9.42. The van der Waals surface area contributed by atoms with Gasteiger partial charge in [-0.05, 0) is 48.9 Å². The minimum Gasteiger partial charge on any atom is -0.497 e. The van der Waals surface area contributed by atoms with Crippen molar-refractivity contribution in [2.75, 3.05) is 11.8 Å². The quantitative estimate of drug-likeness (QED) is 0.940. The van der Waals surface area contributed by atoms with Crippen LogP contribution in [0.1, 0.15) is 5.56 Å². The van der Waals surface area contributed by atoms with Crippen LogP contribution in [-0.4, -0.2) is 15.5 Å². The Labute approximate surface area is 123 Å². The van der Waals surface area contributed by atoms with E-state index >= 15 is 0 Å². The summed E-state index contributed by atoms with van der Waals surface area (Å²) >= 11 is 5.95. The fourth-order valence-electron chi connectivity index (χ4n) is 1.61. The molecule has 2 rings (SSSR count). The fourth-order valence-corrected chi connectivity index (χ4v) is 2.94. The molecule has 1 N–H and O–H groups in total. The molecule has 0 fully saturated rings. The van der Waals surface area contributed by atoms with E-state index in [1.165, 1.54) is 12.1 Å². The van der Waals surface area contributed by atoms with Gasteiger partial charge in [0.1, 0.15) is 5.75 Å². The van der Waals surface area contributed by atoms with E-state index in [4.69, 9.17) is 16.3 Å². The third-order valence-electron chi connectivity index (χ3n) is 2.80. The highest BCUT2D eigenvalue weighted by molar-refractivity contribution is 7.92. The Morgan fingerprint density at radius 1 is 1.10 bits per heavy atom. The largest absolute Gasteiger partial charge is 0.497 e. The summed E-state index contributed by atoms with van der Waals surface area (Å²) in [5, 5.41) is 0.419. The summed E-state index contributed by atoms with van der Waals surface area (Å²) in [6.45, 7) is 1.82. The molecule has 2 aromatic carbocycles. The van der Waals surface area contributed by atoms with Crippen LogP contribution < -0.4 is 9.46 Å². The van der Waals surface area contributed by atoms with E-state index in [2.05, 4.69) is 4.72 Å². The highest BCUT2D eigenvalue weighted by Gasteiger charge is 2.15. The molecule has 6 heteroatoms. The van der Waals surface area contributed by atoms with Gasteiger partial charge in [-0.3, -0.25) is 4.72 Å². The van der Waals surface area contributed by atoms with E-state index in [-0.39, 0.29) is 4.90 Å². The molecule has 0 aliphatic carbocycles. The van der Waals surface area contributed by atoms with Crippen LogP contribution in [0.2, 0.25) is 5.02 Å². The predicted octanol–water partition coefficient (Wildman–Crippen LogP) is 3.46. The van der Waals surface area contributed by atoms with Crippen molar-refractivity contribution in [3.63, 3.8) is 0 Å². The number of sulfonamides is 1. The zero-order chi connectivity index (χ0) is 14.8. The van der Waals surface area contributed by atoms with E-state index in [0.717, 1.165) is 5.56 Å². The first kappa shape index (κ1) is 14.7. The summed E-state index contributed by atoms with van der Waals surface area (Å²) in [6.07, 6.45) is 0. The number of hydrogen-bond donors (Lipinski definition) is 1. The van der Waals surface area contributed by atoms with Crippen LogP contribution in [0.25, 0.3) is 0 Å². The molecule has 106 valence electrons.